The quantitative estimate of drug-likeness (QED) is 0.724. The van der Waals surface area contributed by atoms with Crippen LogP contribution in [0.15, 0.2) is 34.8 Å². The van der Waals surface area contributed by atoms with Gasteiger partial charge in [0.1, 0.15) is 4.34 Å². The Labute approximate surface area is 141 Å². The van der Waals surface area contributed by atoms with Crippen LogP contribution >= 0.6 is 38.9 Å². The summed E-state index contributed by atoms with van der Waals surface area (Å²) in [6.07, 6.45) is 0. The molecule has 1 amide bonds. The predicted octanol–water partition coefficient (Wildman–Crippen LogP) is 5.37. The van der Waals surface area contributed by atoms with Crippen molar-refractivity contribution in [2.75, 3.05) is 10.6 Å². The molecule has 0 saturated carbocycles. The van der Waals surface area contributed by atoms with Gasteiger partial charge < -0.3 is 10.6 Å². The van der Waals surface area contributed by atoms with Crippen molar-refractivity contribution in [1.82, 2.24) is 0 Å². The van der Waals surface area contributed by atoms with Crippen molar-refractivity contribution in [1.29, 1.82) is 0 Å². The third-order valence-electron chi connectivity index (χ3n) is 2.82. The summed E-state index contributed by atoms with van der Waals surface area (Å²) in [7, 11) is 0. The minimum absolute atomic E-state index is 0.0149. The number of benzene rings is 1. The summed E-state index contributed by atoms with van der Waals surface area (Å²) < 4.78 is 1.67. The van der Waals surface area contributed by atoms with E-state index in [1.165, 1.54) is 11.3 Å². The summed E-state index contributed by atoms with van der Waals surface area (Å²) >= 11 is 11.0. The monoisotopic (exact) mass is 386 g/mol. The molecule has 6 heteroatoms. The Morgan fingerprint density at radius 1 is 1.33 bits per heavy atom. The summed E-state index contributed by atoms with van der Waals surface area (Å²) in [4.78, 5) is 12.8. The molecule has 0 aliphatic carbocycles. The molecule has 2 rings (SSSR count). The van der Waals surface area contributed by atoms with Gasteiger partial charge in [-0.3, -0.25) is 4.79 Å². The molecule has 3 nitrogen and oxygen atoms in total. The summed E-state index contributed by atoms with van der Waals surface area (Å²) in [6.45, 7) is 4.43. The molecule has 0 aliphatic heterocycles. The summed E-state index contributed by atoms with van der Waals surface area (Å²) in [5, 5.41) is 6.21. The number of nitrogens with one attached hydrogen (secondary N) is 2. The van der Waals surface area contributed by atoms with E-state index >= 15 is 0 Å². The molecule has 21 heavy (non-hydrogen) atoms. The summed E-state index contributed by atoms with van der Waals surface area (Å²) in [6, 6.07) is 9.68. The van der Waals surface area contributed by atoms with E-state index in [4.69, 9.17) is 11.6 Å². The second kappa shape index (κ2) is 7.29. The van der Waals surface area contributed by atoms with E-state index < -0.39 is 0 Å². The first-order chi connectivity index (χ1) is 9.95. The van der Waals surface area contributed by atoms with E-state index in [2.05, 4.69) is 26.6 Å². The zero-order valence-corrected chi connectivity index (χ0v) is 14.9. The predicted molar refractivity (Wildman–Crippen MR) is 94.3 cm³/mol. The highest BCUT2D eigenvalue weighted by molar-refractivity contribution is 9.10. The number of hydrogen-bond donors (Lipinski definition) is 2. The van der Waals surface area contributed by atoms with Crippen LogP contribution < -0.4 is 10.6 Å². The Morgan fingerprint density at radius 2 is 2.05 bits per heavy atom. The van der Waals surface area contributed by atoms with Crippen LogP contribution in [0.1, 0.15) is 18.7 Å². The highest BCUT2D eigenvalue weighted by atomic mass is 79.9. The third kappa shape index (κ3) is 4.73. The Hall–Kier alpha value is -1.04. The lowest BCUT2D eigenvalue weighted by Gasteiger charge is -2.10. The molecule has 0 fully saturated rings. The van der Waals surface area contributed by atoms with Crippen LogP contribution in [-0.4, -0.2) is 5.91 Å². The van der Waals surface area contributed by atoms with Crippen LogP contribution in [0.25, 0.3) is 0 Å². The molecular formula is C15H16BrClN2OS. The fourth-order valence-corrected chi connectivity index (χ4v) is 3.39. The number of amides is 1. The number of anilines is 2. The van der Waals surface area contributed by atoms with Crippen LogP contribution in [0, 0.1) is 5.92 Å². The molecule has 1 aromatic carbocycles. The van der Waals surface area contributed by atoms with Crippen LogP contribution in [0.4, 0.5) is 11.4 Å². The zero-order valence-electron chi connectivity index (χ0n) is 11.7. The minimum atomic E-state index is -0.0350. The molecule has 0 unspecified atom stereocenters. The van der Waals surface area contributed by atoms with Crippen LogP contribution in [-0.2, 0) is 11.3 Å². The fraction of sp³-hybridized carbons (Fsp3) is 0.267. The molecule has 112 valence electrons. The molecular weight excluding hydrogens is 372 g/mol. The van der Waals surface area contributed by atoms with Gasteiger partial charge in [-0.1, -0.05) is 31.5 Å². The molecule has 0 aliphatic rings. The lowest BCUT2D eigenvalue weighted by molar-refractivity contribution is -0.118. The Balaban J connectivity index is 1.99. The molecule has 1 heterocycles. The molecule has 0 saturated heterocycles. The van der Waals surface area contributed by atoms with Gasteiger partial charge in [0, 0.05) is 33.2 Å². The first kappa shape index (κ1) is 16.3. The molecule has 2 N–H and O–H groups in total. The van der Waals surface area contributed by atoms with Gasteiger partial charge in [-0.15, -0.1) is 11.3 Å². The second-order valence-corrected chi connectivity index (χ2v) is 7.51. The van der Waals surface area contributed by atoms with Crippen LogP contribution in [0.2, 0.25) is 4.34 Å². The first-order valence-corrected chi connectivity index (χ1v) is 8.53. The van der Waals surface area contributed by atoms with E-state index in [0.29, 0.717) is 6.54 Å². The number of halogens is 2. The maximum absolute atomic E-state index is 11.7. The van der Waals surface area contributed by atoms with Crippen LogP contribution in [0.3, 0.4) is 0 Å². The van der Waals surface area contributed by atoms with Crippen molar-refractivity contribution in [2.45, 2.75) is 20.4 Å². The molecule has 0 spiro atoms. The van der Waals surface area contributed by atoms with Gasteiger partial charge in [-0.25, -0.2) is 0 Å². The average Bonchev–Trinajstić information content (AvgIpc) is 2.76. The fourth-order valence-electron chi connectivity index (χ4n) is 1.66. The van der Waals surface area contributed by atoms with E-state index in [1.807, 2.05) is 44.2 Å². The molecule has 0 radical (unpaired) electrons. The van der Waals surface area contributed by atoms with Crippen molar-refractivity contribution >= 4 is 56.1 Å². The standard InChI is InChI=1S/C15H16BrClN2OS/c1-9(2)15(20)19-11-5-3-4-10(6-11)18-8-12-7-13(16)14(17)21-12/h3-7,9,18H,8H2,1-2H3,(H,19,20). The van der Waals surface area contributed by atoms with Gasteiger partial charge in [-0.05, 0) is 40.2 Å². The largest absolute Gasteiger partial charge is 0.380 e. The maximum atomic E-state index is 11.7. The smallest absolute Gasteiger partial charge is 0.226 e. The second-order valence-electron chi connectivity index (χ2n) is 4.91. The Bertz CT molecular complexity index is 623. The third-order valence-corrected chi connectivity index (χ3v) is 5.29. The zero-order chi connectivity index (χ0) is 15.4. The lowest BCUT2D eigenvalue weighted by atomic mass is 10.2. The minimum Gasteiger partial charge on any atom is -0.380 e. The van der Waals surface area contributed by atoms with Crippen LogP contribution in [0.5, 0.6) is 0 Å². The maximum Gasteiger partial charge on any atom is 0.226 e. The number of rotatable bonds is 5. The molecule has 0 atom stereocenters. The van der Waals surface area contributed by atoms with Gasteiger partial charge >= 0.3 is 0 Å². The van der Waals surface area contributed by atoms with Gasteiger partial charge in [-0.2, -0.15) is 0 Å². The van der Waals surface area contributed by atoms with Gasteiger partial charge in [0.15, 0.2) is 0 Å². The first-order valence-electron chi connectivity index (χ1n) is 6.54. The van der Waals surface area contributed by atoms with Crippen molar-refractivity contribution in [3.05, 3.63) is 44.0 Å². The van der Waals surface area contributed by atoms with Crippen molar-refractivity contribution in [3.8, 4) is 0 Å². The van der Waals surface area contributed by atoms with Gasteiger partial charge in [0.2, 0.25) is 5.91 Å². The van der Waals surface area contributed by atoms with Crippen molar-refractivity contribution in [2.24, 2.45) is 5.92 Å². The average molecular weight is 388 g/mol. The van der Waals surface area contributed by atoms with Crippen molar-refractivity contribution in [3.63, 3.8) is 0 Å². The van der Waals surface area contributed by atoms with E-state index in [9.17, 15) is 4.79 Å². The van der Waals surface area contributed by atoms with Gasteiger partial charge in [0.25, 0.3) is 0 Å². The SMILES string of the molecule is CC(C)C(=O)Nc1cccc(NCc2cc(Br)c(Cl)s2)c1. The van der Waals surface area contributed by atoms with E-state index in [1.54, 1.807) is 0 Å². The van der Waals surface area contributed by atoms with Crippen molar-refractivity contribution < 1.29 is 4.79 Å². The molecule has 2 aromatic rings. The molecule has 1 aromatic heterocycles. The Kier molecular flexibility index (Phi) is 5.67. The van der Waals surface area contributed by atoms with E-state index in [-0.39, 0.29) is 11.8 Å². The number of carbonyl (C=O) groups excluding carboxylic acids is 1. The number of carbonyl (C=O) groups is 1. The lowest BCUT2D eigenvalue weighted by Crippen LogP contribution is -2.17. The summed E-state index contributed by atoms with van der Waals surface area (Å²) in [5.41, 5.74) is 1.75. The molecule has 0 bridgehead atoms. The van der Waals surface area contributed by atoms with E-state index in [0.717, 1.165) is 25.1 Å². The number of hydrogen-bond acceptors (Lipinski definition) is 3. The highest BCUT2D eigenvalue weighted by Crippen LogP contribution is 2.32. The number of thiophene rings is 1. The summed E-state index contributed by atoms with van der Waals surface area (Å²) in [5.74, 6) is -0.0201. The highest BCUT2D eigenvalue weighted by Gasteiger charge is 2.08. The topological polar surface area (TPSA) is 41.1 Å². The van der Waals surface area contributed by atoms with Gasteiger partial charge in [0.05, 0.1) is 0 Å². The Morgan fingerprint density at radius 3 is 2.67 bits per heavy atom. The normalized spacial score (nSPS) is 10.7.